The van der Waals surface area contributed by atoms with E-state index in [-0.39, 0.29) is 0 Å². The monoisotopic (exact) mass is 238 g/mol. The molecule has 0 heterocycles. The van der Waals surface area contributed by atoms with E-state index >= 15 is 0 Å². The van der Waals surface area contributed by atoms with Crippen LogP contribution in [-0.2, 0) is 0 Å². The molecule has 0 radical (unpaired) electrons. The van der Waals surface area contributed by atoms with Crippen LogP contribution in [0.2, 0.25) is 0 Å². The number of nitrogens with two attached hydrogens (primary N) is 1. The van der Waals surface area contributed by atoms with Crippen molar-refractivity contribution in [3.63, 3.8) is 0 Å². The molecule has 4 heteroatoms. The molecule has 0 fully saturated rings. The fraction of sp³-hybridized carbons (Fsp3) is 0. The van der Waals surface area contributed by atoms with Gasteiger partial charge in [-0.25, -0.2) is 0 Å². The summed E-state index contributed by atoms with van der Waals surface area (Å²) in [7, 11) is 0. The van der Waals surface area contributed by atoms with E-state index in [1.54, 1.807) is 12.4 Å². The molecule has 0 aliphatic heterocycles. The third kappa shape index (κ3) is 3.75. The number of hydrogen-bond donors (Lipinski definition) is 2. The highest BCUT2D eigenvalue weighted by molar-refractivity contribution is 6.16. The van der Waals surface area contributed by atoms with Crippen molar-refractivity contribution in [3.8, 4) is 0 Å². The summed E-state index contributed by atoms with van der Waals surface area (Å²) in [6, 6.07) is 17.0. The molecule has 2 rings (SSSR count). The smallest absolute Gasteiger partial charge is 0.0655 e. The normalized spacial score (nSPS) is 11.1. The van der Waals surface area contributed by atoms with Crippen molar-refractivity contribution >= 4 is 29.5 Å². The maximum atomic E-state index is 5.58. The second-order valence-corrected chi connectivity index (χ2v) is 3.63. The molecule has 0 aliphatic rings. The molecule has 90 valence electrons. The van der Waals surface area contributed by atoms with E-state index in [1.165, 1.54) is 0 Å². The van der Waals surface area contributed by atoms with Gasteiger partial charge >= 0.3 is 0 Å². The Bertz CT molecular complexity index is 529. The zero-order valence-corrected chi connectivity index (χ0v) is 9.82. The molecular formula is C14H14N4. The van der Waals surface area contributed by atoms with Gasteiger partial charge in [0.2, 0.25) is 0 Å². The van der Waals surface area contributed by atoms with Crippen LogP contribution in [0.3, 0.4) is 0 Å². The zero-order valence-electron chi connectivity index (χ0n) is 9.82. The van der Waals surface area contributed by atoms with Crippen LogP contribution >= 0.6 is 0 Å². The lowest BCUT2D eigenvalue weighted by atomic mass is 10.3. The number of hydrazone groups is 1. The highest BCUT2D eigenvalue weighted by atomic mass is 15.3. The summed E-state index contributed by atoms with van der Waals surface area (Å²) >= 11 is 0. The van der Waals surface area contributed by atoms with Crippen LogP contribution in [0.1, 0.15) is 0 Å². The molecule has 0 bridgehead atoms. The molecule has 2 aromatic rings. The summed E-state index contributed by atoms with van der Waals surface area (Å²) in [5, 5.41) is 4.03. The first kappa shape index (κ1) is 11.9. The van der Waals surface area contributed by atoms with E-state index < -0.39 is 0 Å². The topological polar surface area (TPSA) is 62.8 Å². The second kappa shape index (κ2) is 6.20. The van der Waals surface area contributed by atoms with Crippen LogP contribution < -0.4 is 11.2 Å². The average Bonchev–Trinajstić information content (AvgIpc) is 2.42. The third-order valence-corrected chi connectivity index (χ3v) is 2.23. The highest BCUT2D eigenvalue weighted by Gasteiger charge is 1.86. The number of para-hydroxylation sites is 1. The molecular weight excluding hydrogens is 224 g/mol. The zero-order chi connectivity index (χ0) is 12.6. The summed E-state index contributed by atoms with van der Waals surface area (Å²) < 4.78 is 0. The number of nitrogens with one attached hydrogen (secondary N) is 1. The first-order chi connectivity index (χ1) is 8.84. The Hall–Kier alpha value is -2.62. The number of hydrogen-bond acceptors (Lipinski definition) is 4. The molecule has 4 nitrogen and oxygen atoms in total. The van der Waals surface area contributed by atoms with Gasteiger partial charge in [0.25, 0.3) is 0 Å². The molecule has 0 unspecified atom stereocenters. The second-order valence-electron chi connectivity index (χ2n) is 3.63. The Morgan fingerprint density at radius 3 is 2.33 bits per heavy atom. The maximum Gasteiger partial charge on any atom is 0.0655 e. The van der Waals surface area contributed by atoms with Gasteiger partial charge in [-0.1, -0.05) is 18.2 Å². The van der Waals surface area contributed by atoms with Gasteiger partial charge in [0.15, 0.2) is 0 Å². The lowest BCUT2D eigenvalue weighted by Crippen LogP contribution is -1.88. The van der Waals surface area contributed by atoms with Crippen LogP contribution in [0.4, 0.5) is 17.1 Å². The summed E-state index contributed by atoms with van der Waals surface area (Å²) in [5.74, 6) is 0. The van der Waals surface area contributed by atoms with Gasteiger partial charge in [0, 0.05) is 11.9 Å². The Balaban J connectivity index is 1.86. The third-order valence-electron chi connectivity index (χ3n) is 2.23. The fourth-order valence-electron chi connectivity index (χ4n) is 1.34. The van der Waals surface area contributed by atoms with Crippen LogP contribution in [0.25, 0.3) is 0 Å². The SMILES string of the molecule is Nc1ccc(N=CC=NNc2ccccc2)cc1. The van der Waals surface area contributed by atoms with Gasteiger partial charge in [-0.3, -0.25) is 10.4 Å². The molecule has 18 heavy (non-hydrogen) atoms. The molecule has 0 atom stereocenters. The fourth-order valence-corrected chi connectivity index (χ4v) is 1.34. The largest absolute Gasteiger partial charge is 0.399 e. The summed E-state index contributed by atoms with van der Waals surface area (Å²) in [4.78, 5) is 4.21. The van der Waals surface area contributed by atoms with E-state index in [1.807, 2.05) is 54.6 Å². The molecule has 0 spiro atoms. The van der Waals surface area contributed by atoms with Crippen molar-refractivity contribution in [2.75, 3.05) is 11.2 Å². The highest BCUT2D eigenvalue weighted by Crippen LogP contribution is 2.12. The van der Waals surface area contributed by atoms with Gasteiger partial charge in [-0.05, 0) is 36.4 Å². The summed E-state index contributed by atoms with van der Waals surface area (Å²) in [5.41, 5.74) is 11.0. The van der Waals surface area contributed by atoms with E-state index in [0.717, 1.165) is 17.1 Å². The van der Waals surface area contributed by atoms with Gasteiger partial charge in [-0.2, -0.15) is 5.10 Å². The molecule has 0 aliphatic carbocycles. The van der Waals surface area contributed by atoms with E-state index in [0.29, 0.717) is 0 Å². The molecule has 2 aromatic carbocycles. The maximum absolute atomic E-state index is 5.58. The molecule has 0 aromatic heterocycles. The van der Waals surface area contributed by atoms with Crippen LogP contribution in [0.15, 0.2) is 64.7 Å². The molecule has 0 saturated carbocycles. The Labute approximate surface area is 106 Å². The first-order valence-corrected chi connectivity index (χ1v) is 5.57. The minimum absolute atomic E-state index is 0.730. The van der Waals surface area contributed by atoms with Crippen molar-refractivity contribution in [1.29, 1.82) is 0 Å². The van der Waals surface area contributed by atoms with Crippen LogP contribution in [0, 0.1) is 0 Å². The molecule has 0 amide bonds. The van der Waals surface area contributed by atoms with Crippen LogP contribution in [-0.4, -0.2) is 12.4 Å². The van der Waals surface area contributed by atoms with Crippen molar-refractivity contribution in [2.24, 2.45) is 10.1 Å². The number of anilines is 2. The number of nitrogen functional groups attached to an aromatic ring is 1. The van der Waals surface area contributed by atoms with E-state index in [9.17, 15) is 0 Å². The van der Waals surface area contributed by atoms with Gasteiger partial charge in [0.05, 0.1) is 17.6 Å². The minimum atomic E-state index is 0.730. The van der Waals surface area contributed by atoms with Gasteiger partial charge < -0.3 is 5.73 Å². The Kier molecular flexibility index (Phi) is 4.08. The standard InChI is InChI=1S/C14H14N4/c15-12-6-8-13(9-7-12)16-10-11-17-18-14-4-2-1-3-5-14/h1-11,18H,15H2. The number of nitrogens with zero attached hydrogens (tertiary/aromatic N) is 2. The predicted octanol–water partition coefficient (Wildman–Crippen LogP) is 3.07. The Morgan fingerprint density at radius 1 is 0.889 bits per heavy atom. The van der Waals surface area contributed by atoms with E-state index in [2.05, 4.69) is 15.5 Å². The summed E-state index contributed by atoms with van der Waals surface area (Å²) in [6.07, 6.45) is 3.23. The minimum Gasteiger partial charge on any atom is -0.399 e. The van der Waals surface area contributed by atoms with Gasteiger partial charge in [-0.15, -0.1) is 0 Å². The van der Waals surface area contributed by atoms with E-state index in [4.69, 9.17) is 5.73 Å². The van der Waals surface area contributed by atoms with Crippen molar-refractivity contribution in [1.82, 2.24) is 0 Å². The van der Waals surface area contributed by atoms with Crippen molar-refractivity contribution in [3.05, 3.63) is 54.6 Å². The first-order valence-electron chi connectivity index (χ1n) is 5.57. The molecule has 3 N–H and O–H groups in total. The quantitative estimate of drug-likeness (QED) is 0.488. The van der Waals surface area contributed by atoms with Crippen molar-refractivity contribution in [2.45, 2.75) is 0 Å². The van der Waals surface area contributed by atoms with Crippen molar-refractivity contribution < 1.29 is 0 Å². The van der Waals surface area contributed by atoms with Gasteiger partial charge in [0.1, 0.15) is 0 Å². The predicted molar refractivity (Wildman–Crippen MR) is 77.6 cm³/mol. The lowest BCUT2D eigenvalue weighted by Gasteiger charge is -1.96. The number of benzene rings is 2. The molecule has 0 saturated heterocycles. The summed E-state index contributed by atoms with van der Waals surface area (Å²) in [6.45, 7) is 0. The number of aliphatic imine (C=N–C) groups is 1. The lowest BCUT2D eigenvalue weighted by molar-refractivity contribution is 1.36. The Morgan fingerprint density at radius 2 is 1.61 bits per heavy atom. The van der Waals surface area contributed by atoms with Crippen LogP contribution in [0.5, 0.6) is 0 Å². The number of rotatable bonds is 4. The average molecular weight is 238 g/mol.